The average molecular weight is 250 g/mol. The zero-order valence-corrected chi connectivity index (χ0v) is 12.3. The summed E-state index contributed by atoms with van der Waals surface area (Å²) in [4.78, 5) is 0. The SMILES string of the molecule is CCCCc1ccc(OC(C)(C)C(C)(C)O)cc1. The van der Waals surface area contributed by atoms with Crippen molar-refractivity contribution in [2.24, 2.45) is 0 Å². The van der Waals surface area contributed by atoms with Crippen LogP contribution in [0.15, 0.2) is 24.3 Å². The van der Waals surface area contributed by atoms with Gasteiger partial charge in [0.05, 0.1) is 5.60 Å². The van der Waals surface area contributed by atoms with E-state index in [-0.39, 0.29) is 0 Å². The van der Waals surface area contributed by atoms with Crippen molar-refractivity contribution < 1.29 is 9.84 Å². The second kappa shape index (κ2) is 5.75. The van der Waals surface area contributed by atoms with Crippen molar-refractivity contribution in [3.63, 3.8) is 0 Å². The molecular weight excluding hydrogens is 224 g/mol. The van der Waals surface area contributed by atoms with Crippen molar-refractivity contribution in [1.29, 1.82) is 0 Å². The van der Waals surface area contributed by atoms with Gasteiger partial charge in [0.2, 0.25) is 0 Å². The molecule has 1 aromatic carbocycles. The molecule has 0 atom stereocenters. The van der Waals surface area contributed by atoms with E-state index in [2.05, 4.69) is 19.1 Å². The molecule has 0 saturated heterocycles. The van der Waals surface area contributed by atoms with E-state index in [1.807, 2.05) is 26.0 Å². The van der Waals surface area contributed by atoms with E-state index in [4.69, 9.17) is 4.74 Å². The molecule has 0 amide bonds. The van der Waals surface area contributed by atoms with E-state index >= 15 is 0 Å². The number of benzene rings is 1. The summed E-state index contributed by atoms with van der Waals surface area (Å²) in [6, 6.07) is 8.17. The minimum atomic E-state index is -0.881. The summed E-state index contributed by atoms with van der Waals surface area (Å²) in [6.07, 6.45) is 3.55. The first kappa shape index (κ1) is 15.0. The molecular formula is C16H26O2. The predicted octanol–water partition coefficient (Wildman–Crippen LogP) is 3.96. The van der Waals surface area contributed by atoms with Crippen LogP contribution in [-0.4, -0.2) is 16.3 Å². The summed E-state index contributed by atoms with van der Waals surface area (Å²) >= 11 is 0. The smallest absolute Gasteiger partial charge is 0.131 e. The highest BCUT2D eigenvalue weighted by atomic mass is 16.5. The minimum Gasteiger partial charge on any atom is -0.485 e. The quantitative estimate of drug-likeness (QED) is 0.828. The van der Waals surface area contributed by atoms with Crippen molar-refractivity contribution in [2.75, 3.05) is 0 Å². The van der Waals surface area contributed by atoms with Crippen LogP contribution in [0.1, 0.15) is 53.0 Å². The molecule has 1 aromatic rings. The zero-order chi connectivity index (χ0) is 13.8. The second-order valence-corrected chi connectivity index (χ2v) is 5.92. The molecule has 0 aliphatic heterocycles. The summed E-state index contributed by atoms with van der Waals surface area (Å²) in [5, 5.41) is 10.1. The van der Waals surface area contributed by atoms with Gasteiger partial charge in [-0.15, -0.1) is 0 Å². The maximum absolute atomic E-state index is 10.1. The summed E-state index contributed by atoms with van der Waals surface area (Å²) < 4.78 is 5.88. The van der Waals surface area contributed by atoms with E-state index in [1.165, 1.54) is 18.4 Å². The van der Waals surface area contributed by atoms with Crippen molar-refractivity contribution >= 4 is 0 Å². The van der Waals surface area contributed by atoms with Crippen LogP contribution in [0.25, 0.3) is 0 Å². The zero-order valence-electron chi connectivity index (χ0n) is 12.3. The standard InChI is InChI=1S/C16H26O2/c1-6-7-8-13-9-11-14(12-10-13)18-16(4,5)15(2,3)17/h9-12,17H,6-8H2,1-5H3. The maximum Gasteiger partial charge on any atom is 0.131 e. The molecule has 2 heteroatoms. The summed E-state index contributed by atoms with van der Waals surface area (Å²) in [5.74, 6) is 0.808. The Kier molecular flexibility index (Phi) is 4.80. The Morgan fingerprint density at radius 1 is 1.06 bits per heavy atom. The fourth-order valence-electron chi connectivity index (χ4n) is 1.52. The number of hydrogen-bond acceptors (Lipinski definition) is 2. The second-order valence-electron chi connectivity index (χ2n) is 5.92. The van der Waals surface area contributed by atoms with Crippen LogP contribution in [0, 0.1) is 0 Å². The van der Waals surface area contributed by atoms with Gasteiger partial charge < -0.3 is 9.84 Å². The van der Waals surface area contributed by atoms with E-state index in [0.29, 0.717) is 0 Å². The normalized spacial score (nSPS) is 12.6. The van der Waals surface area contributed by atoms with Crippen molar-refractivity contribution in [3.05, 3.63) is 29.8 Å². The van der Waals surface area contributed by atoms with Crippen LogP contribution in [0.5, 0.6) is 5.75 Å². The molecule has 0 saturated carbocycles. The highest BCUT2D eigenvalue weighted by molar-refractivity contribution is 5.28. The lowest BCUT2D eigenvalue weighted by atomic mass is 9.89. The van der Waals surface area contributed by atoms with Crippen LogP contribution in [0.3, 0.4) is 0 Å². The fraction of sp³-hybridized carbons (Fsp3) is 0.625. The maximum atomic E-state index is 10.1. The first-order valence-corrected chi connectivity index (χ1v) is 6.76. The monoisotopic (exact) mass is 250 g/mol. The lowest BCUT2D eigenvalue weighted by molar-refractivity contribution is -0.0906. The Hall–Kier alpha value is -1.02. The van der Waals surface area contributed by atoms with E-state index in [9.17, 15) is 5.11 Å². The largest absolute Gasteiger partial charge is 0.485 e. The molecule has 102 valence electrons. The van der Waals surface area contributed by atoms with Crippen LogP contribution in [0.4, 0.5) is 0 Å². The van der Waals surface area contributed by atoms with Gasteiger partial charge in [0.15, 0.2) is 0 Å². The molecule has 2 nitrogen and oxygen atoms in total. The number of ether oxygens (including phenoxy) is 1. The van der Waals surface area contributed by atoms with E-state index in [1.54, 1.807) is 13.8 Å². The number of rotatable bonds is 6. The third-order valence-electron chi connectivity index (χ3n) is 3.59. The summed E-state index contributed by atoms with van der Waals surface area (Å²) in [7, 11) is 0. The van der Waals surface area contributed by atoms with Crippen molar-refractivity contribution in [2.45, 2.75) is 65.1 Å². The Morgan fingerprint density at radius 3 is 2.06 bits per heavy atom. The van der Waals surface area contributed by atoms with E-state index in [0.717, 1.165) is 12.2 Å². The first-order valence-electron chi connectivity index (χ1n) is 6.76. The molecule has 1 rings (SSSR count). The molecule has 0 heterocycles. The highest BCUT2D eigenvalue weighted by Gasteiger charge is 2.37. The van der Waals surface area contributed by atoms with Gasteiger partial charge in [-0.3, -0.25) is 0 Å². The summed E-state index contributed by atoms with van der Waals surface area (Å²) in [5.41, 5.74) is -0.156. The Morgan fingerprint density at radius 2 is 1.61 bits per heavy atom. The average Bonchev–Trinajstić information content (AvgIpc) is 2.26. The lowest BCUT2D eigenvalue weighted by Crippen LogP contribution is -2.49. The Bertz CT molecular complexity index is 358. The predicted molar refractivity (Wildman–Crippen MR) is 76.1 cm³/mol. The van der Waals surface area contributed by atoms with Crippen molar-refractivity contribution in [3.8, 4) is 5.75 Å². The van der Waals surface area contributed by atoms with Gasteiger partial charge in [-0.1, -0.05) is 25.5 Å². The number of aliphatic hydroxyl groups is 1. The number of hydrogen-bond donors (Lipinski definition) is 1. The molecule has 1 N–H and O–H groups in total. The first-order chi connectivity index (χ1) is 8.26. The third-order valence-corrected chi connectivity index (χ3v) is 3.59. The van der Waals surface area contributed by atoms with Gasteiger partial charge in [-0.25, -0.2) is 0 Å². The minimum absolute atomic E-state index is 0.613. The summed E-state index contributed by atoms with van der Waals surface area (Å²) in [6.45, 7) is 9.53. The number of unbranched alkanes of at least 4 members (excludes halogenated alkanes) is 1. The molecule has 0 aromatic heterocycles. The molecule has 0 fully saturated rings. The topological polar surface area (TPSA) is 29.5 Å². The van der Waals surface area contributed by atoms with Crippen LogP contribution in [-0.2, 0) is 6.42 Å². The molecule has 0 aliphatic carbocycles. The van der Waals surface area contributed by atoms with Crippen LogP contribution in [0.2, 0.25) is 0 Å². The number of aryl methyl sites for hydroxylation is 1. The lowest BCUT2D eigenvalue weighted by Gasteiger charge is -2.37. The molecule has 0 radical (unpaired) electrons. The van der Waals surface area contributed by atoms with Gasteiger partial charge in [-0.2, -0.15) is 0 Å². The molecule has 0 aliphatic rings. The van der Waals surface area contributed by atoms with Gasteiger partial charge in [0, 0.05) is 0 Å². The fourth-order valence-corrected chi connectivity index (χ4v) is 1.52. The molecule has 0 bridgehead atoms. The molecule has 18 heavy (non-hydrogen) atoms. The van der Waals surface area contributed by atoms with Crippen LogP contribution < -0.4 is 4.74 Å². The van der Waals surface area contributed by atoms with E-state index < -0.39 is 11.2 Å². The Balaban J connectivity index is 2.69. The van der Waals surface area contributed by atoms with Crippen molar-refractivity contribution in [1.82, 2.24) is 0 Å². The van der Waals surface area contributed by atoms with Gasteiger partial charge >= 0.3 is 0 Å². The molecule has 0 unspecified atom stereocenters. The Labute approximate surface area is 111 Å². The van der Waals surface area contributed by atoms with Gasteiger partial charge in [0.1, 0.15) is 11.4 Å². The highest BCUT2D eigenvalue weighted by Crippen LogP contribution is 2.28. The van der Waals surface area contributed by atoms with Gasteiger partial charge in [-0.05, 0) is 58.2 Å². The van der Waals surface area contributed by atoms with Gasteiger partial charge in [0.25, 0.3) is 0 Å². The third kappa shape index (κ3) is 4.02. The molecule has 0 spiro atoms. The van der Waals surface area contributed by atoms with Crippen LogP contribution >= 0.6 is 0 Å².